The van der Waals surface area contributed by atoms with Gasteiger partial charge in [-0.1, -0.05) is 35.9 Å². The molecule has 3 nitrogen and oxygen atoms in total. The fourth-order valence-corrected chi connectivity index (χ4v) is 1.68. The van der Waals surface area contributed by atoms with Crippen molar-refractivity contribution in [1.29, 1.82) is 0 Å². The van der Waals surface area contributed by atoms with Gasteiger partial charge >= 0.3 is 0 Å². The lowest BCUT2D eigenvalue weighted by molar-refractivity contribution is -0.109. The number of hydrogen-bond donors (Lipinski definition) is 0. The average molecular weight is 277 g/mol. The van der Waals surface area contributed by atoms with Gasteiger partial charge < -0.3 is 9.47 Å². The fraction of sp³-hybridized carbons (Fsp3) is 0.133. The molecule has 0 radical (unpaired) electrons. The van der Waals surface area contributed by atoms with Crippen LogP contribution in [0.4, 0.5) is 0 Å². The highest BCUT2D eigenvalue weighted by atomic mass is 35.5. The van der Waals surface area contributed by atoms with Gasteiger partial charge in [0.1, 0.15) is 13.2 Å². The molecule has 2 aromatic carbocycles. The van der Waals surface area contributed by atoms with Gasteiger partial charge in [0.05, 0.1) is 0 Å². The number of carbonyl (C=O) groups excluding carboxylic acids is 1. The summed E-state index contributed by atoms with van der Waals surface area (Å²) in [7, 11) is 0. The zero-order chi connectivity index (χ0) is 13.5. The van der Waals surface area contributed by atoms with E-state index in [1.165, 1.54) is 0 Å². The van der Waals surface area contributed by atoms with E-state index < -0.39 is 0 Å². The Labute approximate surface area is 116 Å². The minimum absolute atomic E-state index is 0.0152. The lowest BCUT2D eigenvalue weighted by Gasteiger charge is -2.11. The second-order valence-corrected chi connectivity index (χ2v) is 4.28. The second-order valence-electron chi connectivity index (χ2n) is 3.84. The van der Waals surface area contributed by atoms with E-state index in [9.17, 15) is 4.79 Å². The maximum Gasteiger partial charge on any atom is 0.161 e. The summed E-state index contributed by atoms with van der Waals surface area (Å²) in [5.74, 6) is 1.17. The molecule has 19 heavy (non-hydrogen) atoms. The Morgan fingerprint density at radius 3 is 2.21 bits per heavy atom. The molecule has 0 aliphatic carbocycles. The Kier molecular flexibility index (Phi) is 4.81. The molecule has 4 heteroatoms. The maximum absolute atomic E-state index is 10.3. The van der Waals surface area contributed by atoms with Gasteiger partial charge in [-0.3, -0.25) is 4.79 Å². The molecular weight excluding hydrogens is 264 g/mol. The van der Waals surface area contributed by atoms with E-state index in [1.54, 1.807) is 12.1 Å². The Balaban J connectivity index is 2.02. The van der Waals surface area contributed by atoms with Crippen molar-refractivity contribution < 1.29 is 14.3 Å². The van der Waals surface area contributed by atoms with Gasteiger partial charge in [0.15, 0.2) is 17.8 Å². The van der Waals surface area contributed by atoms with Gasteiger partial charge in [0.25, 0.3) is 0 Å². The lowest BCUT2D eigenvalue weighted by atomic mass is 10.2. The zero-order valence-electron chi connectivity index (χ0n) is 10.2. The van der Waals surface area contributed by atoms with Gasteiger partial charge in [-0.25, -0.2) is 0 Å². The number of aldehydes is 1. The number of rotatable bonds is 6. The predicted octanol–water partition coefficient (Wildman–Crippen LogP) is 3.50. The van der Waals surface area contributed by atoms with Crippen LogP contribution in [0.5, 0.6) is 11.5 Å². The largest absolute Gasteiger partial charge is 0.485 e. The molecular formula is C15H13ClO3. The topological polar surface area (TPSA) is 35.5 Å². The van der Waals surface area contributed by atoms with Crippen molar-refractivity contribution in [3.05, 3.63) is 59.1 Å². The summed E-state index contributed by atoms with van der Waals surface area (Å²) in [4.78, 5) is 10.3. The SMILES string of the molecule is O=CCOc1ccccc1OCc1ccc(Cl)cc1. The van der Waals surface area contributed by atoms with Crippen molar-refractivity contribution in [2.75, 3.05) is 6.61 Å². The first kappa shape index (κ1) is 13.4. The van der Waals surface area contributed by atoms with Crippen LogP contribution in [0, 0.1) is 0 Å². The Bertz CT molecular complexity index is 537. The molecule has 0 aliphatic rings. The van der Waals surface area contributed by atoms with E-state index in [0.29, 0.717) is 29.4 Å². The lowest BCUT2D eigenvalue weighted by Crippen LogP contribution is -2.01. The first-order valence-electron chi connectivity index (χ1n) is 5.82. The van der Waals surface area contributed by atoms with Crippen LogP contribution in [0.15, 0.2) is 48.5 Å². The summed E-state index contributed by atoms with van der Waals surface area (Å²) >= 11 is 5.82. The van der Waals surface area contributed by atoms with E-state index in [4.69, 9.17) is 21.1 Å². The molecule has 0 N–H and O–H groups in total. The summed E-state index contributed by atoms with van der Waals surface area (Å²) in [6.07, 6.45) is 0.704. The van der Waals surface area contributed by atoms with Crippen LogP contribution < -0.4 is 9.47 Å². The summed E-state index contributed by atoms with van der Waals surface area (Å²) in [5.41, 5.74) is 1.01. The standard InChI is InChI=1S/C15H13ClO3/c16-13-7-5-12(6-8-13)11-19-15-4-2-1-3-14(15)18-10-9-17/h1-9H,10-11H2. The first-order chi connectivity index (χ1) is 9.29. The fourth-order valence-electron chi connectivity index (χ4n) is 1.55. The summed E-state index contributed by atoms with van der Waals surface area (Å²) in [6.45, 7) is 0.431. The third-order valence-corrected chi connectivity index (χ3v) is 2.72. The molecule has 0 unspecified atom stereocenters. The molecule has 0 amide bonds. The van der Waals surface area contributed by atoms with E-state index in [2.05, 4.69) is 0 Å². The highest BCUT2D eigenvalue weighted by Gasteiger charge is 2.04. The van der Waals surface area contributed by atoms with Crippen molar-refractivity contribution in [2.24, 2.45) is 0 Å². The van der Waals surface area contributed by atoms with Crippen molar-refractivity contribution in [3.8, 4) is 11.5 Å². The van der Waals surface area contributed by atoms with Crippen LogP contribution in [0.25, 0.3) is 0 Å². The van der Waals surface area contributed by atoms with Crippen molar-refractivity contribution in [3.63, 3.8) is 0 Å². The monoisotopic (exact) mass is 276 g/mol. The number of benzene rings is 2. The van der Waals surface area contributed by atoms with E-state index >= 15 is 0 Å². The highest BCUT2D eigenvalue weighted by molar-refractivity contribution is 6.30. The van der Waals surface area contributed by atoms with Crippen LogP contribution >= 0.6 is 11.6 Å². The molecule has 0 saturated heterocycles. The molecule has 0 fully saturated rings. The minimum Gasteiger partial charge on any atom is -0.485 e. The summed E-state index contributed by atoms with van der Waals surface area (Å²) in [5, 5.41) is 0.693. The summed E-state index contributed by atoms with van der Waals surface area (Å²) < 4.78 is 11.0. The third-order valence-electron chi connectivity index (χ3n) is 2.46. The number of halogens is 1. The highest BCUT2D eigenvalue weighted by Crippen LogP contribution is 2.27. The van der Waals surface area contributed by atoms with Gasteiger partial charge in [0, 0.05) is 5.02 Å². The molecule has 98 valence electrons. The number of carbonyl (C=O) groups is 1. The molecule has 0 aromatic heterocycles. The molecule has 2 rings (SSSR count). The average Bonchev–Trinajstić information content (AvgIpc) is 2.45. The van der Waals surface area contributed by atoms with Gasteiger partial charge in [-0.05, 0) is 29.8 Å². The van der Waals surface area contributed by atoms with E-state index in [-0.39, 0.29) is 6.61 Å². The van der Waals surface area contributed by atoms with E-state index in [1.807, 2.05) is 36.4 Å². The van der Waals surface area contributed by atoms with E-state index in [0.717, 1.165) is 5.56 Å². The predicted molar refractivity (Wildman–Crippen MR) is 73.8 cm³/mol. The van der Waals surface area contributed by atoms with Crippen molar-refractivity contribution in [1.82, 2.24) is 0 Å². The normalized spacial score (nSPS) is 9.95. The molecule has 0 heterocycles. The molecule has 0 atom stereocenters. The number of para-hydroxylation sites is 2. The zero-order valence-corrected chi connectivity index (χ0v) is 11.0. The Morgan fingerprint density at radius 1 is 0.947 bits per heavy atom. The molecule has 0 spiro atoms. The van der Waals surface area contributed by atoms with Crippen molar-refractivity contribution >= 4 is 17.9 Å². The number of hydrogen-bond acceptors (Lipinski definition) is 3. The van der Waals surface area contributed by atoms with Gasteiger partial charge in [-0.15, -0.1) is 0 Å². The smallest absolute Gasteiger partial charge is 0.161 e. The Morgan fingerprint density at radius 2 is 1.58 bits per heavy atom. The molecule has 0 saturated carbocycles. The van der Waals surface area contributed by atoms with Crippen LogP contribution in [0.2, 0.25) is 5.02 Å². The van der Waals surface area contributed by atoms with Gasteiger partial charge in [0.2, 0.25) is 0 Å². The molecule has 0 aliphatic heterocycles. The first-order valence-corrected chi connectivity index (χ1v) is 6.20. The molecule has 0 bridgehead atoms. The van der Waals surface area contributed by atoms with Gasteiger partial charge in [-0.2, -0.15) is 0 Å². The quantitative estimate of drug-likeness (QED) is 0.758. The van der Waals surface area contributed by atoms with Crippen LogP contribution in [0.1, 0.15) is 5.56 Å². The Hall–Kier alpha value is -2.00. The van der Waals surface area contributed by atoms with Crippen LogP contribution in [-0.4, -0.2) is 12.9 Å². The number of ether oxygens (including phenoxy) is 2. The minimum atomic E-state index is 0.0152. The van der Waals surface area contributed by atoms with Crippen LogP contribution in [-0.2, 0) is 11.4 Å². The maximum atomic E-state index is 10.3. The molecule has 2 aromatic rings. The van der Waals surface area contributed by atoms with Crippen molar-refractivity contribution in [2.45, 2.75) is 6.61 Å². The van der Waals surface area contributed by atoms with Crippen LogP contribution in [0.3, 0.4) is 0 Å². The third kappa shape index (κ3) is 4.00. The second kappa shape index (κ2) is 6.81. The summed E-state index contributed by atoms with van der Waals surface area (Å²) in [6, 6.07) is 14.7.